The van der Waals surface area contributed by atoms with E-state index >= 15 is 0 Å². The summed E-state index contributed by atoms with van der Waals surface area (Å²) in [5.41, 5.74) is 6.28. The number of amides is 4. The number of carbonyl (C=O) groups excluding carboxylic acids is 3. The number of hydrogen-bond donors (Lipinski definition) is 4. The quantitative estimate of drug-likeness (QED) is 0.152. The molecule has 23 heteroatoms. The molecular formula is C37H38ClF4N13O5. The summed E-state index contributed by atoms with van der Waals surface area (Å²) >= 11 is 0. The maximum Gasteiger partial charge on any atom is 0.354 e. The number of fused-ring (bicyclic) bond motifs is 8. The van der Waals surface area contributed by atoms with E-state index in [2.05, 4.69) is 50.3 Å². The number of Topliss-reactive ketones (excluding diaryl/α,β-unsaturated/α-hetero) is 1. The fraction of sp³-hybridized carbons (Fsp3) is 0.405. The smallest absolute Gasteiger partial charge is 0.354 e. The van der Waals surface area contributed by atoms with Gasteiger partial charge in [-0.25, -0.2) is 51.9 Å². The Morgan fingerprint density at radius 1 is 0.733 bits per heavy atom. The molecule has 5 N–H and O–H groups in total. The van der Waals surface area contributed by atoms with Gasteiger partial charge in [-0.3, -0.25) is 35.2 Å². The molecule has 2 aliphatic carbocycles. The van der Waals surface area contributed by atoms with Gasteiger partial charge in [0, 0.05) is 76.1 Å². The molecule has 4 fully saturated rings. The SMILES string of the molecule is Cl.NC1CC1(F)F.O=C(CC1CC1(F)F)c1ccc2c(n1)N(C(=O)Nc1cnccn1)[C@H]1CCN2C1.O=C(O)c1ccc2c(n1)N(C(=O)Nc1cnccn1)[C@H]1CCN2C1. The van der Waals surface area contributed by atoms with Crippen molar-refractivity contribution in [3.63, 3.8) is 0 Å². The molecule has 2 saturated heterocycles. The second kappa shape index (κ2) is 16.4. The number of nitrogens with two attached hydrogens (primary N) is 1. The maximum absolute atomic E-state index is 13.2. The molecule has 0 radical (unpaired) electrons. The highest BCUT2D eigenvalue weighted by Gasteiger charge is 2.57. The predicted octanol–water partition coefficient (Wildman–Crippen LogP) is 4.71. The number of urea groups is 2. The van der Waals surface area contributed by atoms with Gasteiger partial charge >= 0.3 is 18.0 Å². The number of ketones is 1. The lowest BCUT2D eigenvalue weighted by molar-refractivity contribution is 0.0690. The number of hydrogen-bond acceptors (Lipinski definition) is 13. The molecule has 6 aliphatic rings. The minimum absolute atomic E-state index is 0. The average molecular weight is 856 g/mol. The summed E-state index contributed by atoms with van der Waals surface area (Å²) in [5.74, 6) is -6.36. The van der Waals surface area contributed by atoms with Gasteiger partial charge in [-0.2, -0.15) is 0 Å². The number of halogens is 5. The van der Waals surface area contributed by atoms with E-state index in [1.54, 1.807) is 18.2 Å². The van der Waals surface area contributed by atoms with Crippen LogP contribution in [0.5, 0.6) is 0 Å². The Morgan fingerprint density at radius 3 is 1.58 bits per heavy atom. The highest BCUT2D eigenvalue weighted by atomic mass is 35.5. The van der Waals surface area contributed by atoms with Crippen molar-refractivity contribution in [2.24, 2.45) is 11.7 Å². The van der Waals surface area contributed by atoms with Gasteiger partial charge in [-0.1, -0.05) is 0 Å². The number of rotatable bonds is 6. The first-order valence-electron chi connectivity index (χ1n) is 18.7. The van der Waals surface area contributed by atoms with E-state index in [0.29, 0.717) is 36.4 Å². The zero-order chi connectivity index (χ0) is 41.6. The van der Waals surface area contributed by atoms with Gasteiger partial charge in [0.25, 0.3) is 11.8 Å². The van der Waals surface area contributed by atoms with Crippen molar-refractivity contribution in [2.75, 3.05) is 56.4 Å². The molecule has 18 nitrogen and oxygen atoms in total. The number of carboxylic acids is 1. The van der Waals surface area contributed by atoms with E-state index in [1.807, 2.05) is 0 Å². The number of carboxylic acid groups (broad SMARTS) is 1. The molecule has 60 heavy (non-hydrogen) atoms. The monoisotopic (exact) mass is 855 g/mol. The fourth-order valence-electron chi connectivity index (χ4n) is 7.34. The van der Waals surface area contributed by atoms with Gasteiger partial charge in [0.1, 0.15) is 5.69 Å². The van der Waals surface area contributed by atoms with E-state index in [0.717, 1.165) is 37.3 Å². The lowest BCUT2D eigenvalue weighted by Crippen LogP contribution is -2.48. The van der Waals surface area contributed by atoms with Crippen LogP contribution in [0.25, 0.3) is 0 Å². The molecule has 4 bridgehead atoms. The maximum atomic E-state index is 13.2. The molecule has 4 aliphatic heterocycles. The molecule has 316 valence electrons. The Kier molecular flexibility index (Phi) is 11.4. The largest absolute Gasteiger partial charge is 0.477 e. The zero-order valence-corrected chi connectivity index (χ0v) is 32.3. The number of nitrogens with zero attached hydrogens (tertiary/aromatic N) is 10. The second-order valence-corrected chi connectivity index (χ2v) is 14.8. The van der Waals surface area contributed by atoms with Gasteiger partial charge in [-0.05, 0) is 37.1 Å². The van der Waals surface area contributed by atoms with Crippen LogP contribution in [0, 0.1) is 5.92 Å². The van der Waals surface area contributed by atoms with Gasteiger partial charge in [0.15, 0.2) is 34.7 Å². The first-order chi connectivity index (χ1) is 28.2. The fourth-order valence-corrected chi connectivity index (χ4v) is 7.34. The summed E-state index contributed by atoms with van der Waals surface area (Å²) in [6.07, 6.45) is 9.81. The predicted molar refractivity (Wildman–Crippen MR) is 211 cm³/mol. The van der Waals surface area contributed by atoms with E-state index < -0.39 is 47.6 Å². The van der Waals surface area contributed by atoms with Crippen LogP contribution in [0.2, 0.25) is 0 Å². The molecule has 10 rings (SSSR count). The molecule has 4 amide bonds. The Hall–Kier alpha value is -6.29. The van der Waals surface area contributed by atoms with E-state index in [9.17, 15) is 41.8 Å². The van der Waals surface area contributed by atoms with E-state index in [4.69, 9.17) is 5.73 Å². The van der Waals surface area contributed by atoms with E-state index in [1.165, 1.54) is 53.0 Å². The number of aromatic carboxylic acids is 1. The Labute approximate surface area is 345 Å². The third kappa shape index (κ3) is 8.69. The number of aromatic nitrogens is 6. The number of anilines is 6. The van der Waals surface area contributed by atoms with Crippen molar-refractivity contribution in [3.8, 4) is 0 Å². The minimum Gasteiger partial charge on any atom is -0.477 e. The van der Waals surface area contributed by atoms with Gasteiger partial charge in [0.05, 0.1) is 41.9 Å². The summed E-state index contributed by atoms with van der Waals surface area (Å²) in [5, 5.41) is 14.6. The number of pyridine rings is 2. The summed E-state index contributed by atoms with van der Waals surface area (Å²) in [6, 6.07) is 4.67. The number of alkyl halides is 4. The van der Waals surface area contributed by atoms with Crippen LogP contribution in [-0.2, 0) is 0 Å². The number of nitrogens with one attached hydrogen (secondary N) is 2. The van der Waals surface area contributed by atoms with Crippen molar-refractivity contribution >= 4 is 70.9 Å². The molecule has 2 saturated carbocycles. The van der Waals surface area contributed by atoms with Gasteiger partial charge < -0.3 is 20.6 Å². The van der Waals surface area contributed by atoms with Crippen molar-refractivity contribution in [2.45, 2.75) is 62.1 Å². The standard InChI is InChI=1S/C19H18F2N6O2.C15H14N6O3.C3H5F2N.ClH/c20-19(21)8-11(19)7-15(28)13-1-2-14-17(24-13)27(12-3-6-26(14)10-12)18(29)25-16-9-22-4-5-23-16;22-14(23)10-1-2-11-13(18-10)21(9-3-6-20(11)8-9)15(24)19-12-7-16-4-5-17-12;4-3(5)1-2(3)6;/h1-2,4-5,9,11-12H,3,6-8,10H2,(H,23,25,29);1-2,4-5,7,9H,3,6,8H2,(H,22,23)(H,17,19,24);2H,1,6H2;1H/t11?,12-;9-;;/m00../s1. The lowest BCUT2D eigenvalue weighted by Gasteiger charge is -2.35. The van der Waals surface area contributed by atoms with Gasteiger partial charge in [-0.15, -0.1) is 12.4 Å². The van der Waals surface area contributed by atoms with Crippen LogP contribution in [-0.4, -0.2) is 115 Å². The molecule has 0 aromatic carbocycles. The van der Waals surface area contributed by atoms with Crippen LogP contribution >= 0.6 is 12.4 Å². The molecule has 4 aromatic rings. The summed E-state index contributed by atoms with van der Waals surface area (Å²) < 4.78 is 49.2. The van der Waals surface area contributed by atoms with Crippen LogP contribution < -0.4 is 36.0 Å². The highest BCUT2D eigenvalue weighted by molar-refractivity contribution is 6.06. The first kappa shape index (κ1) is 41.9. The Bertz CT molecular complexity index is 2280. The molecule has 2 unspecified atom stereocenters. The van der Waals surface area contributed by atoms with E-state index in [-0.39, 0.29) is 55.1 Å². The normalized spacial score (nSPS) is 22.6. The van der Waals surface area contributed by atoms with Crippen molar-refractivity contribution in [3.05, 3.63) is 72.8 Å². The third-order valence-corrected chi connectivity index (χ3v) is 10.7. The molecule has 4 atom stereocenters. The van der Waals surface area contributed by atoms with Crippen LogP contribution in [0.15, 0.2) is 61.4 Å². The second-order valence-electron chi connectivity index (χ2n) is 14.8. The highest BCUT2D eigenvalue weighted by Crippen LogP contribution is 2.51. The third-order valence-electron chi connectivity index (χ3n) is 10.7. The Balaban J connectivity index is 0.000000159. The number of carbonyl (C=O) groups is 4. The topological polar surface area (TPSA) is 229 Å². The lowest BCUT2D eigenvalue weighted by atomic mass is 10.1. The average Bonchev–Trinajstić information content (AvgIpc) is 3.76. The zero-order valence-electron chi connectivity index (χ0n) is 31.5. The molecule has 0 spiro atoms. The van der Waals surface area contributed by atoms with Crippen molar-refractivity contribution < 1.29 is 41.8 Å². The molecule has 8 heterocycles. The Morgan fingerprint density at radius 2 is 1.18 bits per heavy atom. The van der Waals surface area contributed by atoms with Crippen LogP contribution in [0.4, 0.5) is 61.8 Å². The first-order valence-corrected chi connectivity index (χ1v) is 18.7. The minimum atomic E-state index is -2.75. The van der Waals surface area contributed by atoms with Crippen molar-refractivity contribution in [1.82, 2.24) is 29.9 Å². The summed E-state index contributed by atoms with van der Waals surface area (Å²) in [7, 11) is 0. The molecule has 4 aromatic heterocycles. The van der Waals surface area contributed by atoms with Gasteiger partial charge in [0.2, 0.25) is 0 Å². The summed E-state index contributed by atoms with van der Waals surface area (Å²) in [4.78, 5) is 81.2. The van der Waals surface area contributed by atoms with Crippen LogP contribution in [0.3, 0.4) is 0 Å². The van der Waals surface area contributed by atoms with Crippen molar-refractivity contribution in [1.29, 1.82) is 0 Å². The summed E-state index contributed by atoms with van der Waals surface area (Å²) in [6.45, 7) is 2.95. The van der Waals surface area contributed by atoms with Crippen LogP contribution in [0.1, 0.15) is 53.1 Å². The molecular weight excluding hydrogens is 818 g/mol.